The molecule has 1 heterocycles. The minimum Gasteiger partial charge on any atom is -0.450 e. The molecule has 275 valence electrons. The topological polar surface area (TPSA) is 195 Å². The Kier molecular flexibility index (Phi) is 28.4. The van der Waals surface area contributed by atoms with Crippen molar-refractivity contribution in [3.8, 4) is 11.9 Å². The van der Waals surface area contributed by atoms with E-state index in [0.717, 1.165) is 6.42 Å². The molecule has 1 aliphatic rings. The molecule has 4 atom stereocenters. The number of carbonyl (C=O) groups is 2. The molecular formula is C27H49BN3O12PS4+. The largest absolute Gasteiger partial charge is 0.694 e. The van der Waals surface area contributed by atoms with Crippen molar-refractivity contribution in [2.45, 2.75) is 55.9 Å². The van der Waals surface area contributed by atoms with Crippen molar-refractivity contribution in [3.63, 3.8) is 0 Å². The van der Waals surface area contributed by atoms with Gasteiger partial charge in [-0.15, -0.1) is 15.2 Å². The second-order valence-corrected chi connectivity index (χ2v) is 16.5. The second kappa shape index (κ2) is 30.0. The number of nitrogens with one attached hydrogen (secondary N) is 2. The summed E-state index contributed by atoms with van der Waals surface area (Å²) in [5.74, 6) is 3.48. The van der Waals surface area contributed by atoms with E-state index in [-0.39, 0.29) is 23.8 Å². The van der Waals surface area contributed by atoms with Gasteiger partial charge in [-0.2, -0.15) is 0 Å². The highest BCUT2D eigenvalue weighted by Crippen LogP contribution is 2.38. The van der Waals surface area contributed by atoms with E-state index in [9.17, 15) is 14.2 Å². The van der Waals surface area contributed by atoms with Crippen LogP contribution < -0.4 is 16.4 Å². The van der Waals surface area contributed by atoms with Gasteiger partial charge in [0.25, 0.3) is 0 Å². The molecule has 0 aliphatic carbocycles. The van der Waals surface area contributed by atoms with E-state index in [1.807, 2.05) is 6.26 Å². The number of hydrogen-bond acceptors (Lipinski definition) is 16. The van der Waals surface area contributed by atoms with E-state index in [1.165, 1.54) is 10.8 Å². The Balaban J connectivity index is 2.05. The maximum absolute atomic E-state index is 11.9. The first-order valence-corrected chi connectivity index (χ1v) is 21.4. The van der Waals surface area contributed by atoms with E-state index in [2.05, 4.69) is 36.3 Å². The molecule has 1 saturated heterocycles. The molecule has 1 rings (SSSR count). The summed E-state index contributed by atoms with van der Waals surface area (Å²) >= 11 is 0. The third-order valence-corrected chi connectivity index (χ3v) is 10.9. The Morgan fingerprint density at radius 3 is 2.52 bits per heavy atom. The molecule has 5 N–H and O–H groups in total. The van der Waals surface area contributed by atoms with Gasteiger partial charge < -0.3 is 44.2 Å². The van der Waals surface area contributed by atoms with Gasteiger partial charge >= 0.3 is 20.4 Å². The maximum Gasteiger partial charge on any atom is 0.694 e. The number of hydrogen-bond donors (Lipinski definition) is 4. The van der Waals surface area contributed by atoms with Gasteiger partial charge in [-0.1, -0.05) is 43.2 Å². The summed E-state index contributed by atoms with van der Waals surface area (Å²) in [6.07, 6.45) is 1.96. The lowest BCUT2D eigenvalue weighted by Crippen LogP contribution is -2.32. The molecule has 0 aromatic carbocycles. The number of rotatable bonds is 28. The molecule has 2 unspecified atom stereocenters. The van der Waals surface area contributed by atoms with Crippen molar-refractivity contribution in [1.82, 2.24) is 10.6 Å². The van der Waals surface area contributed by atoms with E-state index in [4.69, 9.17) is 48.3 Å². The first-order chi connectivity index (χ1) is 23.2. The summed E-state index contributed by atoms with van der Waals surface area (Å²) in [5, 5.41) is 5.03. The number of carbonyl (C=O) groups excluding carboxylic acids is 2. The van der Waals surface area contributed by atoms with Crippen LogP contribution in [0.3, 0.4) is 0 Å². The fraction of sp³-hybridized carbons (Fsp3) is 0.852. The van der Waals surface area contributed by atoms with E-state index in [1.54, 1.807) is 39.7 Å². The van der Waals surface area contributed by atoms with E-state index >= 15 is 0 Å². The van der Waals surface area contributed by atoms with Crippen molar-refractivity contribution in [2.24, 2.45) is 5.73 Å². The van der Waals surface area contributed by atoms with Crippen LogP contribution in [0.25, 0.3) is 0 Å². The van der Waals surface area contributed by atoms with Crippen molar-refractivity contribution < 1.29 is 56.7 Å². The molecule has 0 aromatic heterocycles. The molecule has 48 heavy (non-hydrogen) atoms. The second-order valence-electron chi connectivity index (χ2n) is 10.3. The SMILES string of the molecule is CSSCOC1[C@H]([B]C#CNC(=O)OCCCCOCSSC(C)(C)CCOC(=O)NCCOCCOCCN)CO[C@@H]1CO[P+](=O)O. The van der Waals surface area contributed by atoms with Crippen LogP contribution in [0.1, 0.15) is 33.1 Å². The molecule has 1 radical (unpaired) electrons. The van der Waals surface area contributed by atoms with Gasteiger partial charge in [-0.05, 0) is 45.2 Å². The van der Waals surface area contributed by atoms with Crippen LogP contribution in [0.5, 0.6) is 0 Å². The van der Waals surface area contributed by atoms with Crippen LogP contribution in [-0.4, -0.2) is 132 Å². The minimum atomic E-state index is -2.73. The number of ether oxygens (including phenoxy) is 7. The predicted molar refractivity (Wildman–Crippen MR) is 192 cm³/mol. The zero-order valence-electron chi connectivity index (χ0n) is 27.7. The summed E-state index contributed by atoms with van der Waals surface area (Å²) in [5.41, 5.74) is 5.33. The molecule has 2 amide bonds. The standard InChI is InChI=1S/C27H48BN3O12PS4/c1-27(2,6-13-40-26(33)31-10-15-37-17-16-36-14-8-29)48-47-20-38-11-4-5-12-39-25(32)30-9-7-28-22-18-41-23(19-43-44(34)35)24(22)42-21-46-45-3/h22-24H,4-6,8,10-21,29H2,1-3H3,(H2-,30,31,32,33,34,35)/p+1/t22-,23-,24?/m1/s1. The quantitative estimate of drug-likeness (QED) is 0.0171. The fourth-order valence-electron chi connectivity index (χ4n) is 3.64. The molecule has 0 bridgehead atoms. The Morgan fingerprint density at radius 1 is 1.02 bits per heavy atom. The third kappa shape index (κ3) is 25.3. The Bertz CT molecular complexity index is 957. The van der Waals surface area contributed by atoms with Gasteiger partial charge in [0.2, 0.25) is 7.28 Å². The summed E-state index contributed by atoms with van der Waals surface area (Å²) in [6, 6.07) is 2.55. The molecule has 0 aromatic rings. The highest BCUT2D eigenvalue weighted by molar-refractivity contribution is 8.77. The minimum absolute atomic E-state index is 0.0749. The van der Waals surface area contributed by atoms with Crippen molar-refractivity contribution in [3.05, 3.63) is 0 Å². The lowest BCUT2D eigenvalue weighted by atomic mass is 9.63. The first kappa shape index (κ1) is 45.4. The zero-order valence-corrected chi connectivity index (χ0v) is 31.9. The van der Waals surface area contributed by atoms with Crippen LogP contribution in [0, 0.1) is 11.9 Å². The molecule has 15 nitrogen and oxygen atoms in total. The van der Waals surface area contributed by atoms with Gasteiger partial charge in [0.1, 0.15) is 24.6 Å². The molecule has 0 saturated carbocycles. The summed E-state index contributed by atoms with van der Waals surface area (Å²) < 4.78 is 53.6. The average Bonchev–Trinajstić information content (AvgIpc) is 3.43. The Morgan fingerprint density at radius 2 is 1.77 bits per heavy atom. The first-order valence-electron chi connectivity index (χ1n) is 15.3. The monoisotopic (exact) mass is 777 g/mol. The summed E-state index contributed by atoms with van der Waals surface area (Å²) in [7, 11) is 5.26. The van der Waals surface area contributed by atoms with Crippen molar-refractivity contribution in [2.75, 3.05) is 90.7 Å². The number of unbranched alkanes of at least 4 members (excludes halogenated alkanes) is 1. The van der Waals surface area contributed by atoms with Crippen LogP contribution in [-0.2, 0) is 42.2 Å². The van der Waals surface area contributed by atoms with Crippen LogP contribution in [0.2, 0.25) is 5.82 Å². The molecular weight excluding hydrogens is 728 g/mol. The van der Waals surface area contributed by atoms with Crippen molar-refractivity contribution >= 4 is 70.9 Å². The number of nitrogens with two attached hydrogens (primary N) is 1. The maximum atomic E-state index is 11.9. The molecule has 1 aliphatic heterocycles. The predicted octanol–water partition coefficient (Wildman–Crippen LogP) is 3.57. The van der Waals surface area contributed by atoms with Gasteiger partial charge in [-0.3, -0.25) is 5.32 Å². The molecule has 21 heteroatoms. The van der Waals surface area contributed by atoms with Gasteiger partial charge in [0.15, 0.2) is 0 Å². The number of amides is 2. The van der Waals surface area contributed by atoms with Crippen LogP contribution in [0.15, 0.2) is 0 Å². The van der Waals surface area contributed by atoms with E-state index < -0.39 is 32.6 Å². The summed E-state index contributed by atoms with van der Waals surface area (Å²) in [4.78, 5) is 32.6. The Labute approximate surface area is 301 Å². The smallest absolute Gasteiger partial charge is 0.450 e. The zero-order chi connectivity index (χ0) is 35.3. The highest BCUT2D eigenvalue weighted by Gasteiger charge is 2.40. The van der Waals surface area contributed by atoms with Gasteiger partial charge in [-0.25, -0.2) is 9.59 Å². The normalized spacial score (nSPS) is 17.7. The van der Waals surface area contributed by atoms with Crippen LogP contribution in [0.4, 0.5) is 9.59 Å². The van der Waals surface area contributed by atoms with Crippen molar-refractivity contribution in [1.29, 1.82) is 0 Å². The van der Waals surface area contributed by atoms with Gasteiger partial charge in [0.05, 0.1) is 45.7 Å². The number of alkyl carbamates (subject to hydrolysis) is 2. The average molecular weight is 778 g/mol. The van der Waals surface area contributed by atoms with Gasteiger partial charge in [0, 0.05) is 41.7 Å². The Hall–Kier alpha value is -0.655. The molecule has 1 fully saturated rings. The highest BCUT2D eigenvalue weighted by atomic mass is 33.1. The molecule has 0 spiro atoms. The summed E-state index contributed by atoms with van der Waals surface area (Å²) in [6.45, 7) is 8.09. The lowest BCUT2D eigenvalue weighted by molar-refractivity contribution is -0.0135. The third-order valence-electron chi connectivity index (χ3n) is 6.02. The van der Waals surface area contributed by atoms with E-state index in [0.29, 0.717) is 84.1 Å². The lowest BCUT2D eigenvalue weighted by Gasteiger charge is -2.22. The van der Waals surface area contributed by atoms with Crippen LogP contribution >= 0.6 is 51.4 Å². The fourth-order valence-corrected chi connectivity index (χ4v) is 6.95.